The van der Waals surface area contributed by atoms with E-state index in [4.69, 9.17) is 9.84 Å². The van der Waals surface area contributed by atoms with Crippen LogP contribution in [-0.4, -0.2) is 55.6 Å². The number of benzene rings is 1. The number of alkyl halides is 3. The molecule has 0 spiro atoms. The fourth-order valence-corrected chi connectivity index (χ4v) is 1.83. The summed E-state index contributed by atoms with van der Waals surface area (Å²) in [6.07, 6.45) is -5.36. The monoisotopic (exact) mass is 320 g/mol. The first-order valence-corrected chi connectivity index (χ1v) is 6.67. The van der Waals surface area contributed by atoms with Crippen LogP contribution >= 0.6 is 0 Å². The highest BCUT2D eigenvalue weighted by Crippen LogP contribution is 2.23. The van der Waals surface area contributed by atoms with Crippen LogP contribution in [0.15, 0.2) is 24.3 Å². The molecule has 22 heavy (non-hydrogen) atoms. The van der Waals surface area contributed by atoms with E-state index in [1.165, 1.54) is 36.3 Å². The average Bonchev–Trinajstić information content (AvgIpc) is 2.41. The normalized spacial score (nSPS) is 11.3. The Morgan fingerprint density at radius 1 is 1.36 bits per heavy atom. The first kappa shape index (κ1) is 18.2. The van der Waals surface area contributed by atoms with E-state index in [0.717, 1.165) is 0 Å². The van der Waals surface area contributed by atoms with E-state index in [9.17, 15) is 18.0 Å². The number of rotatable bonds is 7. The minimum Gasteiger partial charge on any atom is -0.395 e. The molecule has 0 fully saturated rings. The third-order valence-electron chi connectivity index (χ3n) is 2.81. The van der Waals surface area contributed by atoms with Gasteiger partial charge in [0.05, 0.1) is 19.6 Å². The number of anilines is 1. The molecule has 0 aliphatic carbocycles. The number of halogens is 3. The van der Waals surface area contributed by atoms with Gasteiger partial charge in [-0.05, 0) is 17.7 Å². The molecule has 1 aromatic carbocycles. The molecular formula is C14H19F3N2O3. The molecule has 2 N–H and O–H groups in total. The first-order chi connectivity index (χ1) is 10.4. The molecule has 1 rings (SSSR count). The van der Waals surface area contributed by atoms with Gasteiger partial charge in [-0.25, -0.2) is 4.79 Å². The molecule has 0 saturated carbocycles. The summed E-state index contributed by atoms with van der Waals surface area (Å²) in [6.45, 7) is 0.454. The van der Waals surface area contributed by atoms with E-state index in [-0.39, 0.29) is 30.9 Å². The number of urea groups is 1. The van der Waals surface area contributed by atoms with Crippen molar-refractivity contribution in [3.05, 3.63) is 29.8 Å². The van der Waals surface area contributed by atoms with Crippen molar-refractivity contribution >= 4 is 11.7 Å². The maximum absolute atomic E-state index is 12.4. The predicted octanol–water partition coefficient (Wildman–Crippen LogP) is 2.26. The highest BCUT2D eigenvalue weighted by molar-refractivity contribution is 5.89. The average molecular weight is 320 g/mol. The molecule has 0 aliphatic rings. The number of aliphatic hydroxyl groups excluding tert-OH is 1. The standard InChI is InChI=1S/C14H19F3N2O3/c1-22-8-6-19(5-7-20)13(21)18-12-4-2-3-11(9-12)10-14(15,16)17/h2-4,9,20H,5-8,10H2,1H3,(H,18,21). The fourth-order valence-electron chi connectivity index (χ4n) is 1.83. The van der Waals surface area contributed by atoms with E-state index in [1.807, 2.05) is 0 Å². The number of carbonyl (C=O) groups excluding carboxylic acids is 1. The summed E-state index contributed by atoms with van der Waals surface area (Å²) in [5.74, 6) is 0. The minimum atomic E-state index is -4.30. The van der Waals surface area contributed by atoms with E-state index < -0.39 is 18.6 Å². The predicted molar refractivity (Wildman–Crippen MR) is 75.8 cm³/mol. The maximum atomic E-state index is 12.4. The molecule has 124 valence electrons. The number of amides is 2. The van der Waals surface area contributed by atoms with Crippen molar-refractivity contribution in [1.29, 1.82) is 0 Å². The van der Waals surface area contributed by atoms with Crippen molar-refractivity contribution in [2.45, 2.75) is 12.6 Å². The summed E-state index contributed by atoms with van der Waals surface area (Å²) in [5, 5.41) is 11.5. The highest BCUT2D eigenvalue weighted by Gasteiger charge is 2.27. The Bertz CT molecular complexity index is 481. The second-order valence-corrected chi connectivity index (χ2v) is 4.63. The van der Waals surface area contributed by atoms with E-state index in [1.54, 1.807) is 0 Å². The van der Waals surface area contributed by atoms with Crippen LogP contribution in [0, 0.1) is 0 Å². The molecule has 0 aromatic heterocycles. The SMILES string of the molecule is COCCN(CCO)C(=O)Nc1cccc(CC(F)(F)F)c1. The molecule has 0 saturated heterocycles. The van der Waals surface area contributed by atoms with Crippen LogP contribution in [0.4, 0.5) is 23.7 Å². The number of methoxy groups -OCH3 is 1. The van der Waals surface area contributed by atoms with Gasteiger partial charge in [0.15, 0.2) is 0 Å². The lowest BCUT2D eigenvalue weighted by molar-refractivity contribution is -0.127. The molecule has 0 radical (unpaired) electrons. The third-order valence-corrected chi connectivity index (χ3v) is 2.81. The Labute approximate surface area is 126 Å². The molecule has 5 nitrogen and oxygen atoms in total. The second-order valence-electron chi connectivity index (χ2n) is 4.63. The third kappa shape index (κ3) is 6.77. The van der Waals surface area contributed by atoms with Gasteiger partial charge in [0.25, 0.3) is 0 Å². The number of hydrogen-bond donors (Lipinski definition) is 2. The van der Waals surface area contributed by atoms with Gasteiger partial charge in [-0.2, -0.15) is 13.2 Å². The smallest absolute Gasteiger partial charge is 0.393 e. The molecule has 2 amide bonds. The first-order valence-electron chi connectivity index (χ1n) is 6.67. The molecular weight excluding hydrogens is 301 g/mol. The van der Waals surface area contributed by atoms with E-state index >= 15 is 0 Å². The van der Waals surface area contributed by atoms with Gasteiger partial charge in [-0.15, -0.1) is 0 Å². The summed E-state index contributed by atoms with van der Waals surface area (Å²) in [6, 6.07) is 5.07. The summed E-state index contributed by atoms with van der Waals surface area (Å²) in [4.78, 5) is 13.4. The zero-order valence-electron chi connectivity index (χ0n) is 12.2. The topological polar surface area (TPSA) is 61.8 Å². The van der Waals surface area contributed by atoms with Crippen LogP contribution in [-0.2, 0) is 11.2 Å². The zero-order valence-corrected chi connectivity index (χ0v) is 12.2. The molecule has 1 aromatic rings. The maximum Gasteiger partial charge on any atom is 0.393 e. The Hall–Kier alpha value is -1.80. The largest absolute Gasteiger partial charge is 0.395 e. The lowest BCUT2D eigenvalue weighted by Crippen LogP contribution is -2.39. The van der Waals surface area contributed by atoms with E-state index in [0.29, 0.717) is 6.61 Å². The van der Waals surface area contributed by atoms with Crippen LogP contribution in [0.25, 0.3) is 0 Å². The van der Waals surface area contributed by atoms with Crippen molar-refractivity contribution in [2.24, 2.45) is 0 Å². The van der Waals surface area contributed by atoms with Crippen molar-refractivity contribution in [1.82, 2.24) is 4.90 Å². The molecule has 0 aliphatic heterocycles. The molecule has 0 unspecified atom stereocenters. The second kappa shape index (κ2) is 8.60. The van der Waals surface area contributed by atoms with Crippen LogP contribution in [0.1, 0.15) is 5.56 Å². The Balaban J connectivity index is 2.71. The van der Waals surface area contributed by atoms with Crippen molar-refractivity contribution < 1.29 is 27.8 Å². The number of ether oxygens (including phenoxy) is 1. The van der Waals surface area contributed by atoms with Crippen LogP contribution in [0.2, 0.25) is 0 Å². The summed E-state index contributed by atoms with van der Waals surface area (Å²) in [7, 11) is 1.48. The Kier molecular flexibility index (Phi) is 7.13. The van der Waals surface area contributed by atoms with Gasteiger partial charge < -0.3 is 20.1 Å². The summed E-state index contributed by atoms with van der Waals surface area (Å²) in [5.41, 5.74) is 0.336. The van der Waals surface area contributed by atoms with Crippen LogP contribution in [0.5, 0.6) is 0 Å². The number of carbonyl (C=O) groups is 1. The number of nitrogens with one attached hydrogen (secondary N) is 1. The van der Waals surface area contributed by atoms with Crippen molar-refractivity contribution in [2.75, 3.05) is 38.7 Å². The fraction of sp³-hybridized carbons (Fsp3) is 0.500. The number of nitrogens with zero attached hydrogens (tertiary/aromatic N) is 1. The van der Waals surface area contributed by atoms with Gasteiger partial charge in [0.2, 0.25) is 0 Å². The zero-order chi connectivity index (χ0) is 16.6. The van der Waals surface area contributed by atoms with Gasteiger partial charge in [-0.3, -0.25) is 0 Å². The van der Waals surface area contributed by atoms with Crippen LogP contribution < -0.4 is 5.32 Å². The number of hydrogen-bond acceptors (Lipinski definition) is 3. The minimum absolute atomic E-state index is 0.0656. The molecule has 8 heteroatoms. The number of aliphatic hydroxyl groups is 1. The van der Waals surface area contributed by atoms with Gasteiger partial charge in [0, 0.05) is 25.9 Å². The molecule has 0 heterocycles. The van der Waals surface area contributed by atoms with Gasteiger partial charge >= 0.3 is 12.2 Å². The Morgan fingerprint density at radius 2 is 2.09 bits per heavy atom. The lowest BCUT2D eigenvalue weighted by Gasteiger charge is -2.22. The quantitative estimate of drug-likeness (QED) is 0.810. The molecule has 0 bridgehead atoms. The summed E-state index contributed by atoms with van der Waals surface area (Å²) < 4.78 is 42.0. The van der Waals surface area contributed by atoms with Crippen LogP contribution in [0.3, 0.4) is 0 Å². The molecule has 0 atom stereocenters. The Morgan fingerprint density at radius 3 is 2.68 bits per heavy atom. The highest BCUT2D eigenvalue weighted by atomic mass is 19.4. The van der Waals surface area contributed by atoms with Crippen molar-refractivity contribution in [3.63, 3.8) is 0 Å². The van der Waals surface area contributed by atoms with Gasteiger partial charge in [-0.1, -0.05) is 12.1 Å². The van der Waals surface area contributed by atoms with Gasteiger partial charge in [0.1, 0.15) is 0 Å². The summed E-state index contributed by atoms with van der Waals surface area (Å²) >= 11 is 0. The van der Waals surface area contributed by atoms with E-state index in [2.05, 4.69) is 5.32 Å². The lowest BCUT2D eigenvalue weighted by atomic mass is 10.1. The van der Waals surface area contributed by atoms with Crippen molar-refractivity contribution in [3.8, 4) is 0 Å².